The van der Waals surface area contributed by atoms with Crippen LogP contribution in [-0.2, 0) is 38.0 Å². The number of hydrogen-bond donors (Lipinski definition) is 2. The summed E-state index contributed by atoms with van der Waals surface area (Å²) in [4.78, 5) is 15.0. The number of esters is 1. The highest BCUT2D eigenvalue weighted by Crippen LogP contribution is 2.42. The lowest BCUT2D eigenvalue weighted by Gasteiger charge is -2.49. The standard InChI is InChI=1S/C29H45BrO10/c1-16-12-20(10-8-9-11-30)38-27(32)18(3)29(33)15-23(17(2)22(40-29)14-21(13-16)34-5)39-28-26(36-7)24(31)25(35-6)19(4)37-28/h8-11,13,17-26,28,31,33H,12,14-15H2,1-7H3/b10-8+,11-9+,16-13+/t17-,18+,19-,20?,21+,22-,23-,24+,25-,26+,28?,29-/m0/s1. The number of aliphatic hydroxyl groups excluding tert-OH is 1. The molecule has 0 radical (unpaired) electrons. The van der Waals surface area contributed by atoms with E-state index in [1.165, 1.54) is 14.2 Å². The average Bonchev–Trinajstić information content (AvgIpc) is 2.90. The van der Waals surface area contributed by atoms with E-state index < -0.39 is 66.7 Å². The Kier molecular flexibility index (Phi) is 12.4. The predicted molar refractivity (Wildman–Crippen MR) is 150 cm³/mol. The van der Waals surface area contributed by atoms with Gasteiger partial charge in [-0.25, -0.2) is 0 Å². The Hall–Kier alpha value is -1.15. The highest BCUT2D eigenvalue weighted by molar-refractivity contribution is 9.11. The molecule has 2 unspecified atom stereocenters. The monoisotopic (exact) mass is 632 g/mol. The lowest BCUT2D eigenvalue weighted by atomic mass is 9.81. The van der Waals surface area contributed by atoms with Gasteiger partial charge in [0.05, 0.1) is 24.4 Å². The summed E-state index contributed by atoms with van der Waals surface area (Å²) in [6, 6.07) is 0. The average molecular weight is 634 g/mol. The summed E-state index contributed by atoms with van der Waals surface area (Å²) >= 11 is 3.23. The lowest BCUT2D eigenvalue weighted by molar-refractivity contribution is -0.354. The molecule has 10 nitrogen and oxygen atoms in total. The topological polar surface area (TPSA) is 122 Å². The molecule has 2 fully saturated rings. The zero-order valence-corrected chi connectivity index (χ0v) is 26.0. The number of aliphatic hydroxyl groups is 2. The van der Waals surface area contributed by atoms with Crippen molar-refractivity contribution < 1.29 is 48.2 Å². The van der Waals surface area contributed by atoms with E-state index in [2.05, 4.69) is 15.9 Å². The molecule has 0 aliphatic carbocycles. The minimum atomic E-state index is -1.88. The van der Waals surface area contributed by atoms with Crippen molar-refractivity contribution in [2.75, 3.05) is 21.3 Å². The van der Waals surface area contributed by atoms with Crippen LogP contribution in [-0.4, -0.2) is 98.4 Å². The van der Waals surface area contributed by atoms with Crippen molar-refractivity contribution in [1.29, 1.82) is 0 Å². The van der Waals surface area contributed by atoms with Gasteiger partial charge in [-0.1, -0.05) is 46.7 Å². The molecule has 0 spiro atoms. The summed E-state index contributed by atoms with van der Waals surface area (Å²) in [5, 5.41) is 22.7. The molecule has 2 bridgehead atoms. The van der Waals surface area contributed by atoms with Crippen molar-refractivity contribution in [2.45, 2.75) is 108 Å². The Morgan fingerprint density at radius 3 is 2.42 bits per heavy atom. The van der Waals surface area contributed by atoms with Crippen LogP contribution in [0.3, 0.4) is 0 Å². The van der Waals surface area contributed by atoms with Crippen LogP contribution in [0.4, 0.5) is 0 Å². The molecule has 3 aliphatic rings. The Bertz CT molecular complexity index is 924. The molecule has 3 heterocycles. The third-order valence-electron chi connectivity index (χ3n) is 8.20. The maximum Gasteiger partial charge on any atom is 0.314 e. The normalized spacial score (nSPS) is 45.0. The molecule has 3 aliphatic heterocycles. The second-order valence-electron chi connectivity index (χ2n) is 11.0. The summed E-state index contributed by atoms with van der Waals surface area (Å²) in [6.07, 6.45) is 2.45. The molecule has 40 heavy (non-hydrogen) atoms. The fourth-order valence-electron chi connectivity index (χ4n) is 5.68. The van der Waals surface area contributed by atoms with Crippen molar-refractivity contribution in [3.05, 3.63) is 34.9 Å². The molecule has 2 saturated heterocycles. The molecule has 0 aromatic carbocycles. The van der Waals surface area contributed by atoms with Crippen molar-refractivity contribution >= 4 is 21.9 Å². The first kappa shape index (κ1) is 33.4. The van der Waals surface area contributed by atoms with Gasteiger partial charge < -0.3 is 43.4 Å². The number of carbonyl (C=O) groups excluding carboxylic acids is 1. The van der Waals surface area contributed by atoms with Gasteiger partial charge in [0.15, 0.2) is 12.1 Å². The molecule has 3 rings (SSSR count). The van der Waals surface area contributed by atoms with Gasteiger partial charge in [0.25, 0.3) is 0 Å². The van der Waals surface area contributed by atoms with Crippen LogP contribution in [0.1, 0.15) is 47.0 Å². The van der Waals surface area contributed by atoms with Crippen LogP contribution in [0.5, 0.6) is 0 Å². The maximum absolute atomic E-state index is 13.3. The molecule has 0 saturated carbocycles. The minimum absolute atomic E-state index is 0.0191. The van der Waals surface area contributed by atoms with Gasteiger partial charge in [0.2, 0.25) is 0 Å². The van der Waals surface area contributed by atoms with E-state index >= 15 is 0 Å². The summed E-state index contributed by atoms with van der Waals surface area (Å²) in [5.74, 6) is -3.71. The van der Waals surface area contributed by atoms with Crippen molar-refractivity contribution in [2.24, 2.45) is 11.8 Å². The van der Waals surface area contributed by atoms with Gasteiger partial charge in [-0.15, -0.1) is 0 Å². The quantitative estimate of drug-likeness (QED) is 0.245. The number of halogens is 1. The van der Waals surface area contributed by atoms with Gasteiger partial charge in [-0.05, 0) is 31.8 Å². The second-order valence-corrected chi connectivity index (χ2v) is 11.5. The third-order valence-corrected chi connectivity index (χ3v) is 8.50. The molecule has 12 atom stereocenters. The molecule has 0 amide bonds. The first-order valence-corrected chi connectivity index (χ1v) is 14.7. The van der Waals surface area contributed by atoms with Crippen molar-refractivity contribution in [3.8, 4) is 0 Å². The molecule has 11 heteroatoms. The van der Waals surface area contributed by atoms with Gasteiger partial charge in [0, 0.05) is 46.5 Å². The molecular formula is C29H45BrO10. The van der Waals surface area contributed by atoms with Gasteiger partial charge in [-0.2, -0.15) is 0 Å². The number of ether oxygens (including phenoxy) is 7. The Labute approximate surface area is 245 Å². The summed E-state index contributed by atoms with van der Waals surface area (Å²) in [6.45, 7) is 7.32. The fourth-order valence-corrected chi connectivity index (χ4v) is 5.85. The molecule has 2 N–H and O–H groups in total. The van der Waals surface area contributed by atoms with Crippen molar-refractivity contribution in [1.82, 2.24) is 0 Å². The number of methoxy groups -OCH3 is 3. The number of allylic oxidation sites excluding steroid dienone is 2. The van der Waals surface area contributed by atoms with Crippen LogP contribution < -0.4 is 0 Å². The van der Waals surface area contributed by atoms with Gasteiger partial charge in [-0.3, -0.25) is 4.79 Å². The fraction of sp³-hybridized carbons (Fsp3) is 0.759. The van der Waals surface area contributed by atoms with Crippen LogP contribution in [0.2, 0.25) is 0 Å². The second kappa shape index (κ2) is 14.8. The van der Waals surface area contributed by atoms with E-state index in [0.29, 0.717) is 12.8 Å². The Morgan fingerprint density at radius 1 is 1.10 bits per heavy atom. The highest BCUT2D eigenvalue weighted by atomic mass is 79.9. The maximum atomic E-state index is 13.3. The van der Waals surface area contributed by atoms with E-state index in [1.54, 1.807) is 44.2 Å². The predicted octanol–water partition coefficient (Wildman–Crippen LogP) is 3.39. The SMILES string of the molecule is CO[C@@H]1[C@@H](O)[C@@H](OC)C(O[C@H]2C[C@]3(O)O[C@@H](C[C@H](OC)/C=C(\C)CC(/C=C/C=C/Br)OC(=O)[C@H]3C)[C@@H]2C)O[C@H]1C. The van der Waals surface area contributed by atoms with E-state index in [9.17, 15) is 15.0 Å². The molecular weight excluding hydrogens is 588 g/mol. The van der Waals surface area contributed by atoms with Crippen LogP contribution in [0.15, 0.2) is 34.9 Å². The number of rotatable bonds is 7. The van der Waals surface area contributed by atoms with Gasteiger partial charge in [0.1, 0.15) is 30.3 Å². The lowest BCUT2D eigenvalue weighted by Crippen LogP contribution is -2.62. The van der Waals surface area contributed by atoms with Crippen molar-refractivity contribution in [3.63, 3.8) is 0 Å². The minimum Gasteiger partial charge on any atom is -0.457 e. The summed E-state index contributed by atoms with van der Waals surface area (Å²) in [5.41, 5.74) is 0.992. The molecule has 0 aromatic heterocycles. The Balaban J connectivity index is 1.94. The number of cyclic esters (lactones) is 1. The Morgan fingerprint density at radius 2 is 1.80 bits per heavy atom. The van der Waals surface area contributed by atoms with Gasteiger partial charge >= 0.3 is 5.97 Å². The summed E-state index contributed by atoms with van der Waals surface area (Å²) < 4.78 is 41.4. The van der Waals surface area contributed by atoms with Crippen LogP contribution >= 0.6 is 15.9 Å². The van der Waals surface area contributed by atoms with E-state index in [1.807, 2.05) is 19.9 Å². The third kappa shape index (κ3) is 7.81. The molecule has 0 aromatic rings. The largest absolute Gasteiger partial charge is 0.457 e. The smallest absolute Gasteiger partial charge is 0.314 e. The molecule has 228 valence electrons. The first-order chi connectivity index (χ1) is 19.0. The van der Waals surface area contributed by atoms with Crippen LogP contribution in [0, 0.1) is 11.8 Å². The summed E-state index contributed by atoms with van der Waals surface area (Å²) in [7, 11) is 4.60. The highest BCUT2D eigenvalue weighted by Gasteiger charge is 2.53. The zero-order chi connectivity index (χ0) is 29.6. The van der Waals surface area contributed by atoms with Crippen LogP contribution in [0.25, 0.3) is 0 Å². The number of fused-ring (bicyclic) bond motifs is 2. The number of hydrogen-bond acceptors (Lipinski definition) is 10. The zero-order valence-electron chi connectivity index (χ0n) is 24.4. The van der Waals surface area contributed by atoms with E-state index in [0.717, 1.165) is 5.57 Å². The number of carbonyl (C=O) groups is 1. The van der Waals surface area contributed by atoms with E-state index in [-0.39, 0.29) is 18.4 Å². The first-order valence-electron chi connectivity index (χ1n) is 13.8. The van der Waals surface area contributed by atoms with E-state index in [4.69, 9.17) is 33.2 Å².